The molecule has 3 aromatic rings. The largest absolute Gasteiger partial charge is 0.312 e. The number of hydrogen-bond donors (Lipinski definition) is 0. The van der Waals surface area contributed by atoms with Gasteiger partial charge in [0.2, 0.25) is 0 Å². The Bertz CT molecular complexity index is 1240. The van der Waals surface area contributed by atoms with Crippen molar-refractivity contribution in [3.8, 4) is 0 Å². The average molecular weight is 578 g/mol. The van der Waals surface area contributed by atoms with Crippen LogP contribution in [0.1, 0.15) is 43.4 Å². The molecule has 0 spiro atoms. The Morgan fingerprint density at radius 1 is 0.780 bits per heavy atom. The van der Waals surface area contributed by atoms with E-state index in [4.69, 9.17) is 0 Å². The molecule has 2 aliphatic heterocycles. The molecule has 0 saturated carbocycles. The summed E-state index contributed by atoms with van der Waals surface area (Å²) >= 11 is 1.86. The fraction of sp³-hybridized carbons (Fsp3) is 0.394. The number of para-hydroxylation sites is 1. The van der Waals surface area contributed by atoms with Crippen molar-refractivity contribution < 1.29 is 8.78 Å². The van der Waals surface area contributed by atoms with Crippen LogP contribution < -0.4 is 4.31 Å². The molecular weight excluding hydrogens is 536 g/mol. The molecule has 0 aliphatic carbocycles. The van der Waals surface area contributed by atoms with Gasteiger partial charge in [-0.15, -0.1) is 0 Å². The van der Waals surface area contributed by atoms with Crippen molar-refractivity contribution in [2.24, 2.45) is 10.2 Å². The second kappa shape index (κ2) is 16.4. The fourth-order valence-electron chi connectivity index (χ4n) is 4.95. The molecule has 0 radical (unpaired) electrons. The normalized spacial score (nSPS) is 16.0. The molecule has 3 aromatic carbocycles. The van der Waals surface area contributed by atoms with Gasteiger partial charge in [-0.3, -0.25) is 4.90 Å². The maximum atomic E-state index is 12.9. The number of nitrogens with zero attached hydrogens (tertiary/aromatic N) is 5. The van der Waals surface area contributed by atoms with Crippen molar-refractivity contribution in [3.63, 3.8) is 0 Å². The third-order valence-electron chi connectivity index (χ3n) is 7.14. The van der Waals surface area contributed by atoms with Crippen LogP contribution in [-0.2, 0) is 13.1 Å². The fourth-order valence-corrected chi connectivity index (χ4v) is 6.02. The highest BCUT2D eigenvalue weighted by molar-refractivity contribution is 8.00. The first-order valence-corrected chi connectivity index (χ1v) is 15.5. The van der Waals surface area contributed by atoms with E-state index in [1.807, 2.05) is 44.0 Å². The van der Waals surface area contributed by atoms with Crippen LogP contribution in [0.2, 0.25) is 0 Å². The molecule has 0 atom stereocenters. The molecule has 1 saturated heterocycles. The molecule has 0 aromatic heterocycles. The first kappa shape index (κ1) is 30.9. The minimum absolute atomic E-state index is 0.115. The lowest BCUT2D eigenvalue weighted by molar-refractivity contribution is 0.224. The van der Waals surface area contributed by atoms with Crippen LogP contribution in [0, 0.1) is 0 Å². The van der Waals surface area contributed by atoms with E-state index >= 15 is 0 Å². The summed E-state index contributed by atoms with van der Waals surface area (Å²) < 4.78 is 28.2. The molecule has 5 nitrogen and oxygen atoms in total. The van der Waals surface area contributed by atoms with E-state index in [0.29, 0.717) is 5.71 Å². The van der Waals surface area contributed by atoms with Gasteiger partial charge in [-0.05, 0) is 60.3 Å². The highest BCUT2D eigenvalue weighted by Crippen LogP contribution is 2.26. The molecule has 0 amide bonds. The van der Waals surface area contributed by atoms with Gasteiger partial charge in [0.25, 0.3) is 6.43 Å². The Morgan fingerprint density at radius 2 is 1.44 bits per heavy atom. The van der Waals surface area contributed by atoms with E-state index in [1.54, 1.807) is 0 Å². The van der Waals surface area contributed by atoms with Crippen molar-refractivity contribution in [2.75, 3.05) is 42.8 Å². The maximum Gasteiger partial charge on any atom is 0.278 e. The Hall–Kier alpha value is -3.07. The molecule has 0 unspecified atom stereocenters. The Morgan fingerprint density at radius 3 is 2.12 bits per heavy atom. The number of halogens is 2. The summed E-state index contributed by atoms with van der Waals surface area (Å²) in [7, 11) is 0. The van der Waals surface area contributed by atoms with Crippen LogP contribution >= 0.6 is 11.9 Å². The van der Waals surface area contributed by atoms with E-state index in [-0.39, 0.29) is 12.1 Å². The number of rotatable bonds is 11. The Labute approximate surface area is 248 Å². The second-order valence-corrected chi connectivity index (χ2v) is 11.1. The van der Waals surface area contributed by atoms with E-state index in [9.17, 15) is 8.78 Å². The molecule has 0 bridgehead atoms. The van der Waals surface area contributed by atoms with Crippen LogP contribution in [0.3, 0.4) is 0 Å². The Kier molecular flexibility index (Phi) is 12.3. The van der Waals surface area contributed by atoms with Crippen molar-refractivity contribution in [1.82, 2.24) is 9.80 Å². The zero-order valence-electron chi connectivity index (χ0n) is 24.1. The number of benzene rings is 3. The van der Waals surface area contributed by atoms with Gasteiger partial charge in [0.15, 0.2) is 0 Å². The minimum Gasteiger partial charge on any atom is -0.312 e. The van der Waals surface area contributed by atoms with Crippen LogP contribution in [0.5, 0.6) is 0 Å². The summed E-state index contributed by atoms with van der Waals surface area (Å²) in [5.41, 5.74) is 5.01. The van der Waals surface area contributed by atoms with E-state index in [0.717, 1.165) is 62.7 Å². The molecule has 2 heterocycles. The van der Waals surface area contributed by atoms with Crippen LogP contribution in [-0.4, -0.2) is 66.1 Å². The van der Waals surface area contributed by atoms with E-state index < -0.39 is 6.43 Å². The molecule has 0 N–H and O–H groups in total. The maximum absolute atomic E-state index is 12.9. The first-order valence-electron chi connectivity index (χ1n) is 14.6. The van der Waals surface area contributed by atoms with Crippen LogP contribution in [0.15, 0.2) is 95.1 Å². The topological polar surface area (TPSA) is 34.4 Å². The van der Waals surface area contributed by atoms with E-state index in [2.05, 4.69) is 91.0 Å². The third-order valence-corrected chi connectivity index (χ3v) is 8.16. The second-order valence-electron chi connectivity index (χ2n) is 9.97. The lowest BCUT2D eigenvalue weighted by atomic mass is 10.0. The van der Waals surface area contributed by atoms with Crippen molar-refractivity contribution in [3.05, 3.63) is 102 Å². The zero-order chi connectivity index (χ0) is 28.9. The third kappa shape index (κ3) is 9.48. The molecule has 5 rings (SSSR count). The zero-order valence-corrected chi connectivity index (χ0v) is 24.9. The highest BCUT2D eigenvalue weighted by Gasteiger charge is 2.22. The summed E-state index contributed by atoms with van der Waals surface area (Å²) in [5.74, 6) is 1.01. The molecule has 1 fully saturated rings. The minimum atomic E-state index is -2.55. The lowest BCUT2D eigenvalue weighted by Crippen LogP contribution is -2.32. The first-order chi connectivity index (χ1) is 20.1. The van der Waals surface area contributed by atoms with Crippen LogP contribution in [0.25, 0.3) is 0 Å². The lowest BCUT2D eigenvalue weighted by Gasteiger charge is -2.26. The van der Waals surface area contributed by atoms with Gasteiger partial charge < -0.3 is 9.21 Å². The van der Waals surface area contributed by atoms with Gasteiger partial charge in [-0.25, -0.2) is 8.78 Å². The van der Waals surface area contributed by atoms with Crippen molar-refractivity contribution >= 4 is 29.1 Å². The van der Waals surface area contributed by atoms with Gasteiger partial charge in [0.05, 0.1) is 12.3 Å². The molecular formula is C33H41F2N5S. The summed E-state index contributed by atoms with van der Waals surface area (Å²) in [6.07, 6.45) is -1.24. The highest BCUT2D eigenvalue weighted by atomic mass is 32.2. The van der Waals surface area contributed by atoms with E-state index in [1.165, 1.54) is 17.7 Å². The smallest absolute Gasteiger partial charge is 0.278 e. The summed E-state index contributed by atoms with van der Waals surface area (Å²) in [5, 5.41) is 7.61. The number of anilines is 1. The van der Waals surface area contributed by atoms with Gasteiger partial charge in [-0.1, -0.05) is 86.6 Å². The standard InChI is InChI=1S/C31H35F2N5S.C2H6/c32-31(33)30-22-29(34-35-30)27-14-12-26(13-15-27)24-38(28-10-5-2-6-11-28)39-21-20-36-16-7-17-37(19-18-36)23-25-8-3-1-4-9-25;1-2/h1-6,8-15,31H,7,16-24H2;1-2H3. The molecule has 218 valence electrons. The predicted octanol–water partition coefficient (Wildman–Crippen LogP) is 7.39. The van der Waals surface area contributed by atoms with Crippen molar-refractivity contribution in [2.45, 2.75) is 46.2 Å². The van der Waals surface area contributed by atoms with Gasteiger partial charge in [-0.2, -0.15) is 10.2 Å². The van der Waals surface area contributed by atoms with Gasteiger partial charge >= 0.3 is 0 Å². The summed E-state index contributed by atoms with van der Waals surface area (Å²) in [4.78, 5) is 5.16. The van der Waals surface area contributed by atoms with Crippen molar-refractivity contribution in [1.29, 1.82) is 0 Å². The summed E-state index contributed by atoms with van der Waals surface area (Å²) in [6.45, 7) is 11.3. The van der Waals surface area contributed by atoms with Crippen LogP contribution in [0.4, 0.5) is 14.5 Å². The average Bonchev–Trinajstić information content (AvgIpc) is 3.42. The van der Waals surface area contributed by atoms with Gasteiger partial charge in [0.1, 0.15) is 5.71 Å². The summed E-state index contributed by atoms with van der Waals surface area (Å²) in [6, 6.07) is 29.3. The molecule has 41 heavy (non-hydrogen) atoms. The Balaban J connectivity index is 0.00000189. The molecule has 8 heteroatoms. The predicted molar refractivity (Wildman–Crippen MR) is 170 cm³/mol. The SMILES string of the molecule is CC.FC(F)C1=NN=C(c2ccc(CN(SCCN3CCCN(Cc4ccccc4)CC3)c3ccccc3)cc2)C1. The molecule has 2 aliphatic rings. The number of alkyl halides is 2. The van der Waals surface area contributed by atoms with Gasteiger partial charge in [0, 0.05) is 44.0 Å². The number of hydrogen-bond acceptors (Lipinski definition) is 6. The monoisotopic (exact) mass is 577 g/mol. The quantitative estimate of drug-likeness (QED) is 0.223.